The van der Waals surface area contributed by atoms with Gasteiger partial charge in [-0.05, 0) is 6.42 Å². The van der Waals surface area contributed by atoms with Crippen LogP contribution in [-0.4, -0.2) is 72.5 Å². The second kappa shape index (κ2) is 5.97. The summed E-state index contributed by atoms with van der Waals surface area (Å²) in [5.41, 5.74) is 0. The summed E-state index contributed by atoms with van der Waals surface area (Å²) in [5.74, 6) is 2.21. The van der Waals surface area contributed by atoms with Crippen LogP contribution in [0.15, 0.2) is 11.6 Å². The van der Waals surface area contributed by atoms with Crippen molar-refractivity contribution in [2.45, 2.75) is 6.42 Å². The van der Waals surface area contributed by atoms with Gasteiger partial charge in [0, 0.05) is 45.9 Å². The first-order chi connectivity index (χ1) is 8.36. The molecule has 2 rings (SSSR count). The molecule has 0 aliphatic carbocycles. The predicted octanol–water partition coefficient (Wildman–Crippen LogP) is -1.70. The zero-order valence-corrected chi connectivity index (χ0v) is 10.2. The first-order valence-electron chi connectivity index (χ1n) is 6.30. The molecule has 0 saturated carbocycles. The van der Waals surface area contributed by atoms with E-state index in [1.54, 1.807) is 0 Å². The first-order valence-corrected chi connectivity index (χ1v) is 6.30. The molecule has 2 aliphatic rings. The number of aliphatic hydroxyl groups is 2. The monoisotopic (exact) mass is 242 g/mol. The van der Waals surface area contributed by atoms with Crippen molar-refractivity contribution in [3.05, 3.63) is 11.6 Å². The fourth-order valence-corrected chi connectivity index (χ4v) is 2.40. The van der Waals surface area contributed by atoms with E-state index < -0.39 is 0 Å². The van der Waals surface area contributed by atoms with E-state index in [9.17, 15) is 0 Å². The van der Waals surface area contributed by atoms with Gasteiger partial charge in [-0.1, -0.05) is 0 Å². The predicted molar refractivity (Wildman–Crippen MR) is 65.0 cm³/mol. The molecule has 2 aliphatic heterocycles. The second-order valence-electron chi connectivity index (χ2n) is 4.33. The SMILES string of the molecule is OCCCN1CCNC2=C1N(CCO)CCN2. The molecular formula is C11H22N4O2. The second-order valence-corrected chi connectivity index (χ2v) is 4.33. The normalized spacial score (nSPS) is 19.9. The third kappa shape index (κ3) is 2.76. The van der Waals surface area contributed by atoms with E-state index in [2.05, 4.69) is 20.4 Å². The van der Waals surface area contributed by atoms with Crippen molar-refractivity contribution >= 4 is 0 Å². The van der Waals surface area contributed by atoms with Crippen LogP contribution in [0.3, 0.4) is 0 Å². The summed E-state index contributed by atoms with van der Waals surface area (Å²) in [6, 6.07) is 0. The Hall–Kier alpha value is -1.14. The smallest absolute Gasteiger partial charge is 0.145 e. The molecule has 0 amide bonds. The molecule has 0 aromatic carbocycles. The number of β-amino-alcohol motifs (C(OH)–C–C–N with tert-alkyl or cyclic N) is 1. The molecule has 0 unspecified atom stereocenters. The Morgan fingerprint density at radius 2 is 1.59 bits per heavy atom. The van der Waals surface area contributed by atoms with Crippen molar-refractivity contribution in [2.75, 3.05) is 52.5 Å². The Kier molecular flexibility index (Phi) is 4.33. The van der Waals surface area contributed by atoms with E-state index >= 15 is 0 Å². The maximum atomic E-state index is 9.11. The number of nitrogens with one attached hydrogen (secondary N) is 2. The van der Waals surface area contributed by atoms with E-state index in [4.69, 9.17) is 10.2 Å². The summed E-state index contributed by atoms with van der Waals surface area (Å²) in [6.45, 7) is 5.60. The van der Waals surface area contributed by atoms with Crippen LogP contribution in [0.4, 0.5) is 0 Å². The fourth-order valence-electron chi connectivity index (χ4n) is 2.40. The van der Waals surface area contributed by atoms with Crippen molar-refractivity contribution in [3.8, 4) is 0 Å². The molecule has 0 spiro atoms. The van der Waals surface area contributed by atoms with Gasteiger partial charge in [0.2, 0.25) is 0 Å². The Bertz CT molecular complexity index is 279. The van der Waals surface area contributed by atoms with E-state index in [-0.39, 0.29) is 13.2 Å². The van der Waals surface area contributed by atoms with Gasteiger partial charge >= 0.3 is 0 Å². The zero-order valence-electron chi connectivity index (χ0n) is 10.2. The molecule has 6 nitrogen and oxygen atoms in total. The minimum Gasteiger partial charge on any atom is -0.396 e. The van der Waals surface area contributed by atoms with Crippen molar-refractivity contribution in [2.24, 2.45) is 0 Å². The van der Waals surface area contributed by atoms with E-state index in [0.29, 0.717) is 6.54 Å². The number of rotatable bonds is 5. The molecule has 0 saturated heterocycles. The Labute approximate surface area is 102 Å². The van der Waals surface area contributed by atoms with Crippen LogP contribution < -0.4 is 10.6 Å². The van der Waals surface area contributed by atoms with Crippen LogP contribution >= 0.6 is 0 Å². The molecule has 0 bridgehead atoms. The molecule has 0 aromatic heterocycles. The summed E-state index contributed by atoms with van der Waals surface area (Å²) in [5, 5.41) is 24.8. The zero-order chi connectivity index (χ0) is 12.1. The van der Waals surface area contributed by atoms with Crippen LogP contribution in [0.25, 0.3) is 0 Å². The number of hydrogen-bond acceptors (Lipinski definition) is 6. The largest absolute Gasteiger partial charge is 0.396 e. The maximum absolute atomic E-state index is 9.11. The highest BCUT2D eigenvalue weighted by Gasteiger charge is 2.27. The van der Waals surface area contributed by atoms with Gasteiger partial charge in [0.25, 0.3) is 0 Å². The maximum Gasteiger partial charge on any atom is 0.145 e. The van der Waals surface area contributed by atoms with Crippen LogP contribution in [-0.2, 0) is 0 Å². The quantitative estimate of drug-likeness (QED) is 0.461. The van der Waals surface area contributed by atoms with E-state index in [0.717, 1.165) is 50.8 Å². The van der Waals surface area contributed by atoms with Gasteiger partial charge in [-0.25, -0.2) is 0 Å². The van der Waals surface area contributed by atoms with Gasteiger partial charge in [0.15, 0.2) is 0 Å². The minimum atomic E-state index is 0.171. The molecule has 98 valence electrons. The van der Waals surface area contributed by atoms with Gasteiger partial charge in [-0.3, -0.25) is 0 Å². The summed E-state index contributed by atoms with van der Waals surface area (Å²) in [4.78, 5) is 4.49. The highest BCUT2D eigenvalue weighted by atomic mass is 16.3. The van der Waals surface area contributed by atoms with Gasteiger partial charge in [-0.15, -0.1) is 0 Å². The summed E-state index contributed by atoms with van der Waals surface area (Å²) in [7, 11) is 0. The summed E-state index contributed by atoms with van der Waals surface area (Å²) < 4.78 is 0. The highest BCUT2D eigenvalue weighted by Crippen LogP contribution is 2.18. The lowest BCUT2D eigenvalue weighted by Gasteiger charge is -2.43. The van der Waals surface area contributed by atoms with Gasteiger partial charge < -0.3 is 30.6 Å². The lowest BCUT2D eigenvalue weighted by Crippen LogP contribution is -2.54. The van der Waals surface area contributed by atoms with Crippen LogP contribution in [0, 0.1) is 0 Å². The van der Waals surface area contributed by atoms with Crippen molar-refractivity contribution < 1.29 is 10.2 Å². The van der Waals surface area contributed by atoms with Gasteiger partial charge in [0.1, 0.15) is 11.6 Å². The van der Waals surface area contributed by atoms with Crippen LogP contribution in [0.2, 0.25) is 0 Å². The average Bonchev–Trinajstić information content (AvgIpc) is 2.37. The van der Waals surface area contributed by atoms with Crippen molar-refractivity contribution in [3.63, 3.8) is 0 Å². The standard InChI is InChI=1S/C11H22N4O2/c16-8-1-4-14-5-2-12-10-11(14)15(7-9-17)6-3-13-10/h12-13,16-17H,1-9H2. The number of aliphatic hydroxyl groups excluding tert-OH is 2. The molecule has 2 heterocycles. The average molecular weight is 242 g/mol. The Balaban J connectivity index is 2.11. The Morgan fingerprint density at radius 3 is 2.18 bits per heavy atom. The summed E-state index contributed by atoms with van der Waals surface area (Å²) in [6.07, 6.45) is 0.781. The van der Waals surface area contributed by atoms with E-state index in [1.165, 1.54) is 0 Å². The minimum absolute atomic E-state index is 0.171. The van der Waals surface area contributed by atoms with Crippen molar-refractivity contribution in [1.82, 2.24) is 20.4 Å². The third-order valence-corrected chi connectivity index (χ3v) is 3.15. The third-order valence-electron chi connectivity index (χ3n) is 3.15. The molecular weight excluding hydrogens is 220 g/mol. The fraction of sp³-hybridized carbons (Fsp3) is 0.818. The van der Waals surface area contributed by atoms with Crippen LogP contribution in [0.5, 0.6) is 0 Å². The topological polar surface area (TPSA) is 71.0 Å². The van der Waals surface area contributed by atoms with Gasteiger partial charge in [0.05, 0.1) is 6.61 Å². The molecule has 17 heavy (non-hydrogen) atoms. The van der Waals surface area contributed by atoms with Crippen LogP contribution in [0.1, 0.15) is 6.42 Å². The van der Waals surface area contributed by atoms with Gasteiger partial charge in [-0.2, -0.15) is 0 Å². The molecule has 0 radical (unpaired) electrons. The lowest BCUT2D eigenvalue weighted by atomic mass is 10.2. The van der Waals surface area contributed by atoms with E-state index in [1.807, 2.05) is 0 Å². The molecule has 0 atom stereocenters. The number of hydrogen-bond donors (Lipinski definition) is 4. The molecule has 4 N–H and O–H groups in total. The molecule has 6 heteroatoms. The lowest BCUT2D eigenvalue weighted by molar-refractivity contribution is 0.138. The Morgan fingerprint density at radius 1 is 0.941 bits per heavy atom. The molecule has 0 fully saturated rings. The van der Waals surface area contributed by atoms with Crippen molar-refractivity contribution in [1.29, 1.82) is 0 Å². The molecule has 0 aromatic rings. The summed E-state index contributed by atoms with van der Waals surface area (Å²) >= 11 is 0. The number of nitrogens with zero attached hydrogens (tertiary/aromatic N) is 2. The highest BCUT2D eigenvalue weighted by molar-refractivity contribution is 5.15. The first kappa shape index (κ1) is 12.3.